The summed E-state index contributed by atoms with van der Waals surface area (Å²) in [5.41, 5.74) is 3.62. The molecule has 2 aromatic carbocycles. The maximum atomic E-state index is 12.7. The molecule has 0 spiro atoms. The Morgan fingerprint density at radius 3 is 2.19 bits per heavy atom. The SMILES string of the molecule is CCc1c(-c2ccc(C#N)cc2)n[nH]c1N1C(=O)c2ccccc2C1=O. The molecule has 1 aromatic heterocycles. The van der Waals surface area contributed by atoms with Crippen LogP contribution in [0.5, 0.6) is 0 Å². The summed E-state index contributed by atoms with van der Waals surface area (Å²) in [6.07, 6.45) is 0.592. The number of benzene rings is 2. The van der Waals surface area contributed by atoms with Gasteiger partial charge in [0, 0.05) is 11.1 Å². The van der Waals surface area contributed by atoms with Gasteiger partial charge in [-0.05, 0) is 30.7 Å². The van der Waals surface area contributed by atoms with E-state index in [1.54, 1.807) is 48.5 Å². The van der Waals surface area contributed by atoms with Crippen LogP contribution in [0.4, 0.5) is 5.82 Å². The molecule has 2 heterocycles. The van der Waals surface area contributed by atoms with Crippen molar-refractivity contribution in [1.29, 1.82) is 5.26 Å². The fourth-order valence-corrected chi connectivity index (χ4v) is 3.21. The van der Waals surface area contributed by atoms with Crippen LogP contribution in [-0.2, 0) is 6.42 Å². The second-order valence-corrected chi connectivity index (χ2v) is 5.93. The van der Waals surface area contributed by atoms with Crippen LogP contribution in [0.3, 0.4) is 0 Å². The van der Waals surface area contributed by atoms with Gasteiger partial charge in [-0.15, -0.1) is 0 Å². The largest absolute Gasteiger partial charge is 0.268 e. The lowest BCUT2D eigenvalue weighted by Gasteiger charge is -2.13. The average Bonchev–Trinajstić information content (AvgIpc) is 3.21. The maximum Gasteiger partial charge on any atom is 0.267 e. The average molecular weight is 342 g/mol. The number of carbonyl (C=O) groups excluding carboxylic acids is 2. The van der Waals surface area contributed by atoms with Gasteiger partial charge in [0.25, 0.3) is 11.8 Å². The highest BCUT2D eigenvalue weighted by atomic mass is 16.2. The molecule has 0 radical (unpaired) electrons. The Morgan fingerprint density at radius 1 is 1.04 bits per heavy atom. The zero-order chi connectivity index (χ0) is 18.3. The van der Waals surface area contributed by atoms with Crippen LogP contribution in [0.15, 0.2) is 48.5 Å². The van der Waals surface area contributed by atoms with E-state index >= 15 is 0 Å². The first kappa shape index (κ1) is 15.8. The molecule has 6 nitrogen and oxygen atoms in total. The number of aromatic amines is 1. The van der Waals surface area contributed by atoms with Crippen LogP contribution in [0.1, 0.15) is 38.8 Å². The highest BCUT2D eigenvalue weighted by Crippen LogP contribution is 2.34. The van der Waals surface area contributed by atoms with E-state index in [0.717, 1.165) is 16.0 Å². The van der Waals surface area contributed by atoms with Crippen molar-refractivity contribution in [2.45, 2.75) is 13.3 Å². The van der Waals surface area contributed by atoms with Crippen molar-refractivity contribution in [3.63, 3.8) is 0 Å². The summed E-state index contributed by atoms with van der Waals surface area (Å²) in [6.45, 7) is 1.94. The van der Waals surface area contributed by atoms with E-state index < -0.39 is 0 Å². The summed E-state index contributed by atoms with van der Waals surface area (Å²) in [5.74, 6) is -0.302. The number of aromatic nitrogens is 2. The van der Waals surface area contributed by atoms with Gasteiger partial charge < -0.3 is 0 Å². The van der Waals surface area contributed by atoms with Crippen molar-refractivity contribution in [2.24, 2.45) is 0 Å². The van der Waals surface area contributed by atoms with E-state index in [1.807, 2.05) is 6.92 Å². The Balaban J connectivity index is 1.80. The van der Waals surface area contributed by atoms with Gasteiger partial charge >= 0.3 is 0 Å². The summed E-state index contributed by atoms with van der Waals surface area (Å²) in [4.78, 5) is 26.6. The molecule has 0 saturated carbocycles. The molecular weight excluding hydrogens is 328 g/mol. The minimum Gasteiger partial charge on any atom is -0.268 e. The highest BCUT2D eigenvalue weighted by Gasteiger charge is 2.38. The van der Waals surface area contributed by atoms with Gasteiger partial charge in [-0.3, -0.25) is 14.7 Å². The number of rotatable bonds is 3. The van der Waals surface area contributed by atoms with Crippen molar-refractivity contribution in [2.75, 3.05) is 4.90 Å². The van der Waals surface area contributed by atoms with E-state index in [4.69, 9.17) is 5.26 Å². The summed E-state index contributed by atoms with van der Waals surface area (Å²) >= 11 is 0. The smallest absolute Gasteiger partial charge is 0.267 e. The molecule has 0 saturated heterocycles. The van der Waals surface area contributed by atoms with E-state index in [1.165, 1.54) is 0 Å². The van der Waals surface area contributed by atoms with Crippen LogP contribution >= 0.6 is 0 Å². The van der Waals surface area contributed by atoms with Crippen molar-refractivity contribution in [3.8, 4) is 17.3 Å². The molecular formula is C20H14N4O2. The van der Waals surface area contributed by atoms with Gasteiger partial charge in [0.15, 0.2) is 0 Å². The Bertz CT molecular complexity index is 1040. The van der Waals surface area contributed by atoms with E-state index in [-0.39, 0.29) is 11.8 Å². The number of anilines is 1. The molecule has 0 fully saturated rings. The normalized spacial score (nSPS) is 13.0. The first-order chi connectivity index (χ1) is 12.7. The number of hydrogen-bond acceptors (Lipinski definition) is 4. The number of imide groups is 1. The molecule has 26 heavy (non-hydrogen) atoms. The number of amides is 2. The highest BCUT2D eigenvalue weighted by molar-refractivity contribution is 6.34. The third kappa shape index (κ3) is 2.22. The summed E-state index contributed by atoms with van der Waals surface area (Å²) in [7, 11) is 0. The summed E-state index contributed by atoms with van der Waals surface area (Å²) < 4.78 is 0. The van der Waals surface area contributed by atoms with Crippen molar-refractivity contribution in [1.82, 2.24) is 10.2 Å². The van der Waals surface area contributed by atoms with Gasteiger partial charge in [0.2, 0.25) is 0 Å². The number of nitrogens with zero attached hydrogens (tertiary/aromatic N) is 3. The molecule has 1 N–H and O–H groups in total. The minimum atomic E-state index is -0.352. The standard InChI is InChI=1S/C20H14N4O2/c1-2-14-17(13-9-7-12(11-21)8-10-13)22-23-18(14)24-19(25)15-5-3-4-6-16(15)20(24)26/h3-10H,2H2,1H3,(H,22,23). The zero-order valence-corrected chi connectivity index (χ0v) is 14.0. The van der Waals surface area contributed by atoms with E-state index in [2.05, 4.69) is 16.3 Å². The Kier molecular flexibility index (Phi) is 3.63. The molecule has 2 amide bonds. The first-order valence-corrected chi connectivity index (χ1v) is 8.21. The lowest BCUT2D eigenvalue weighted by molar-refractivity contribution is 0.0924. The number of H-pyrrole nitrogens is 1. The van der Waals surface area contributed by atoms with Crippen molar-refractivity contribution >= 4 is 17.6 Å². The van der Waals surface area contributed by atoms with Gasteiger partial charge in [-0.2, -0.15) is 10.4 Å². The fraction of sp³-hybridized carbons (Fsp3) is 0.100. The number of nitriles is 1. The second kappa shape index (κ2) is 5.97. The Labute approximate surface area is 149 Å². The topological polar surface area (TPSA) is 89.8 Å². The maximum absolute atomic E-state index is 12.7. The number of nitrogens with one attached hydrogen (secondary N) is 1. The van der Waals surface area contributed by atoms with Crippen molar-refractivity contribution in [3.05, 3.63) is 70.8 Å². The molecule has 1 aliphatic heterocycles. The quantitative estimate of drug-likeness (QED) is 0.739. The zero-order valence-electron chi connectivity index (χ0n) is 14.0. The molecule has 1 aliphatic rings. The molecule has 6 heteroatoms. The summed E-state index contributed by atoms with van der Waals surface area (Å²) in [6, 6.07) is 15.9. The van der Waals surface area contributed by atoms with Crippen molar-refractivity contribution < 1.29 is 9.59 Å². The van der Waals surface area contributed by atoms with E-state index in [9.17, 15) is 9.59 Å². The second-order valence-electron chi connectivity index (χ2n) is 5.93. The Hall–Kier alpha value is -3.72. The molecule has 3 aromatic rings. The molecule has 0 unspecified atom stereocenters. The lowest BCUT2D eigenvalue weighted by Crippen LogP contribution is -2.30. The molecule has 126 valence electrons. The van der Waals surface area contributed by atoms with Gasteiger partial charge in [-0.25, -0.2) is 4.90 Å². The predicted molar refractivity (Wildman–Crippen MR) is 95.7 cm³/mol. The number of hydrogen-bond donors (Lipinski definition) is 1. The van der Waals surface area contributed by atoms with Crippen LogP contribution < -0.4 is 4.90 Å². The molecule has 0 bridgehead atoms. The third-order valence-electron chi connectivity index (χ3n) is 4.50. The third-order valence-corrected chi connectivity index (χ3v) is 4.50. The minimum absolute atomic E-state index is 0.352. The molecule has 0 aliphatic carbocycles. The fourth-order valence-electron chi connectivity index (χ4n) is 3.21. The number of fused-ring (bicyclic) bond motifs is 1. The Morgan fingerprint density at radius 2 is 1.65 bits per heavy atom. The predicted octanol–water partition coefficient (Wildman–Crippen LogP) is 3.31. The van der Waals surface area contributed by atoms with Crippen LogP contribution in [0.25, 0.3) is 11.3 Å². The van der Waals surface area contributed by atoms with Gasteiger partial charge in [0.1, 0.15) is 5.82 Å². The van der Waals surface area contributed by atoms with Gasteiger partial charge in [-0.1, -0.05) is 31.2 Å². The summed E-state index contributed by atoms with van der Waals surface area (Å²) in [5, 5.41) is 16.1. The monoisotopic (exact) mass is 342 g/mol. The van der Waals surface area contributed by atoms with E-state index in [0.29, 0.717) is 34.6 Å². The molecule has 0 atom stereocenters. The van der Waals surface area contributed by atoms with Crippen LogP contribution in [0.2, 0.25) is 0 Å². The first-order valence-electron chi connectivity index (χ1n) is 8.21. The van der Waals surface area contributed by atoms with Crippen LogP contribution in [-0.4, -0.2) is 22.0 Å². The lowest BCUT2D eigenvalue weighted by atomic mass is 10.0. The van der Waals surface area contributed by atoms with Crippen LogP contribution in [0, 0.1) is 11.3 Å². The van der Waals surface area contributed by atoms with Gasteiger partial charge in [0.05, 0.1) is 28.5 Å². The number of carbonyl (C=O) groups is 2. The molecule has 4 rings (SSSR count).